The largest absolute Gasteiger partial charge is 0.493 e. The van der Waals surface area contributed by atoms with Gasteiger partial charge < -0.3 is 10.5 Å². The first-order valence-electron chi connectivity index (χ1n) is 5.66. The summed E-state index contributed by atoms with van der Waals surface area (Å²) in [4.78, 5) is 0. The van der Waals surface area contributed by atoms with Crippen LogP contribution in [0.3, 0.4) is 0 Å². The molecule has 0 heterocycles. The fourth-order valence-corrected chi connectivity index (χ4v) is 2.10. The molecule has 3 heteroatoms. The van der Waals surface area contributed by atoms with Gasteiger partial charge in [0, 0.05) is 6.04 Å². The second-order valence-corrected chi connectivity index (χ2v) is 4.39. The number of hydrogen-bond donors (Lipinski definition) is 1. The minimum absolute atomic E-state index is 0.356. The van der Waals surface area contributed by atoms with E-state index in [9.17, 15) is 0 Å². The molecule has 1 aliphatic rings. The fourth-order valence-electron chi connectivity index (χ4n) is 2.10. The molecule has 0 aliphatic heterocycles. The highest BCUT2D eigenvalue weighted by molar-refractivity contribution is 5.34. The van der Waals surface area contributed by atoms with Crippen LogP contribution in [0.1, 0.15) is 24.8 Å². The maximum Gasteiger partial charge on any atom is 0.119 e. The van der Waals surface area contributed by atoms with Gasteiger partial charge in [0.2, 0.25) is 0 Å². The lowest BCUT2D eigenvalue weighted by Crippen LogP contribution is -2.16. The van der Waals surface area contributed by atoms with Crippen LogP contribution < -0.4 is 10.5 Å². The molecule has 0 aromatic heterocycles. The summed E-state index contributed by atoms with van der Waals surface area (Å²) in [5.74, 6) is 1.42. The monoisotopic (exact) mass is 216 g/mol. The second kappa shape index (κ2) is 5.00. The van der Waals surface area contributed by atoms with Crippen LogP contribution in [0.2, 0.25) is 0 Å². The maximum absolute atomic E-state index is 8.66. The van der Waals surface area contributed by atoms with Crippen molar-refractivity contribution in [1.29, 1.82) is 5.26 Å². The summed E-state index contributed by atoms with van der Waals surface area (Å²) < 4.78 is 5.67. The summed E-state index contributed by atoms with van der Waals surface area (Å²) in [6, 6.07) is 9.67. The summed E-state index contributed by atoms with van der Waals surface area (Å²) in [5, 5.41) is 8.66. The van der Waals surface area contributed by atoms with Crippen LogP contribution >= 0.6 is 0 Å². The molecule has 0 saturated heterocycles. The third-order valence-electron chi connectivity index (χ3n) is 3.05. The second-order valence-electron chi connectivity index (χ2n) is 4.39. The van der Waals surface area contributed by atoms with Crippen molar-refractivity contribution in [3.8, 4) is 11.8 Å². The van der Waals surface area contributed by atoms with Crippen LogP contribution in [0.5, 0.6) is 5.75 Å². The van der Waals surface area contributed by atoms with Gasteiger partial charge in [0.1, 0.15) is 5.75 Å². The highest BCUT2D eigenvalue weighted by Crippen LogP contribution is 2.25. The third-order valence-corrected chi connectivity index (χ3v) is 3.05. The van der Waals surface area contributed by atoms with E-state index in [0.29, 0.717) is 17.5 Å². The molecule has 1 aliphatic carbocycles. The van der Waals surface area contributed by atoms with Gasteiger partial charge in [-0.15, -0.1) is 0 Å². The van der Waals surface area contributed by atoms with E-state index in [1.165, 1.54) is 0 Å². The molecule has 2 N–H and O–H groups in total. The number of nitrogens with zero attached hydrogens (tertiary/aromatic N) is 1. The Balaban J connectivity index is 1.83. The molecular formula is C13H16N2O. The number of hydrogen-bond acceptors (Lipinski definition) is 3. The van der Waals surface area contributed by atoms with Crippen LogP contribution in [0.4, 0.5) is 0 Å². The van der Waals surface area contributed by atoms with E-state index in [1.54, 1.807) is 12.1 Å². The van der Waals surface area contributed by atoms with E-state index in [-0.39, 0.29) is 0 Å². The predicted molar refractivity (Wildman–Crippen MR) is 62.0 cm³/mol. The number of nitrogens with two attached hydrogens (primary N) is 1. The molecule has 0 bridgehead atoms. The Kier molecular flexibility index (Phi) is 3.43. The van der Waals surface area contributed by atoms with E-state index in [2.05, 4.69) is 6.07 Å². The summed E-state index contributed by atoms with van der Waals surface area (Å²) in [5.41, 5.74) is 6.50. The van der Waals surface area contributed by atoms with Gasteiger partial charge in [-0.3, -0.25) is 0 Å². The van der Waals surface area contributed by atoms with Crippen LogP contribution in [0.15, 0.2) is 24.3 Å². The topological polar surface area (TPSA) is 59.0 Å². The zero-order chi connectivity index (χ0) is 11.4. The molecule has 1 fully saturated rings. The molecule has 0 amide bonds. The van der Waals surface area contributed by atoms with Gasteiger partial charge in [-0.25, -0.2) is 0 Å². The van der Waals surface area contributed by atoms with Crippen molar-refractivity contribution in [1.82, 2.24) is 0 Å². The van der Waals surface area contributed by atoms with Gasteiger partial charge in [0.05, 0.1) is 18.2 Å². The minimum Gasteiger partial charge on any atom is -0.493 e. The van der Waals surface area contributed by atoms with Crippen LogP contribution in [0.25, 0.3) is 0 Å². The lowest BCUT2D eigenvalue weighted by atomic mass is 10.1. The molecule has 84 valence electrons. The number of ether oxygens (including phenoxy) is 1. The van der Waals surface area contributed by atoms with Crippen LogP contribution in [0, 0.1) is 17.2 Å². The Bertz CT molecular complexity index is 380. The average molecular weight is 216 g/mol. The number of benzene rings is 1. The Morgan fingerprint density at radius 1 is 1.31 bits per heavy atom. The Morgan fingerprint density at radius 3 is 2.62 bits per heavy atom. The summed E-state index contributed by atoms with van der Waals surface area (Å²) in [6.07, 6.45) is 3.34. The molecular weight excluding hydrogens is 200 g/mol. The molecule has 16 heavy (non-hydrogen) atoms. The normalized spacial score (nSPS) is 24.0. The first-order valence-corrected chi connectivity index (χ1v) is 5.66. The van der Waals surface area contributed by atoms with Crippen molar-refractivity contribution in [3.05, 3.63) is 29.8 Å². The van der Waals surface area contributed by atoms with E-state index in [4.69, 9.17) is 15.7 Å². The van der Waals surface area contributed by atoms with Gasteiger partial charge in [-0.1, -0.05) is 0 Å². The molecule has 0 unspecified atom stereocenters. The van der Waals surface area contributed by atoms with E-state index in [0.717, 1.165) is 31.6 Å². The van der Waals surface area contributed by atoms with Crippen molar-refractivity contribution >= 4 is 0 Å². The fraction of sp³-hybridized carbons (Fsp3) is 0.462. The van der Waals surface area contributed by atoms with Gasteiger partial charge in [0.15, 0.2) is 0 Å². The van der Waals surface area contributed by atoms with Crippen LogP contribution in [-0.2, 0) is 0 Å². The Hall–Kier alpha value is -1.53. The van der Waals surface area contributed by atoms with Gasteiger partial charge >= 0.3 is 0 Å². The molecule has 2 rings (SSSR count). The SMILES string of the molecule is N#Cc1ccc(OC[C@@H]2CC[C@H](N)C2)cc1. The van der Waals surface area contributed by atoms with Crippen molar-refractivity contribution in [2.75, 3.05) is 6.61 Å². The molecule has 1 aromatic rings. The first kappa shape index (κ1) is 11.0. The third kappa shape index (κ3) is 2.74. The molecule has 0 radical (unpaired) electrons. The summed E-state index contributed by atoms with van der Waals surface area (Å²) in [7, 11) is 0. The van der Waals surface area contributed by atoms with Crippen molar-refractivity contribution < 1.29 is 4.74 Å². The smallest absolute Gasteiger partial charge is 0.119 e. The zero-order valence-electron chi connectivity index (χ0n) is 9.23. The maximum atomic E-state index is 8.66. The Labute approximate surface area is 95.8 Å². The van der Waals surface area contributed by atoms with E-state index < -0.39 is 0 Å². The lowest BCUT2D eigenvalue weighted by molar-refractivity contribution is 0.251. The highest BCUT2D eigenvalue weighted by Gasteiger charge is 2.21. The molecule has 0 spiro atoms. The van der Waals surface area contributed by atoms with Crippen LogP contribution in [-0.4, -0.2) is 12.6 Å². The highest BCUT2D eigenvalue weighted by atomic mass is 16.5. The lowest BCUT2D eigenvalue weighted by Gasteiger charge is -2.11. The van der Waals surface area contributed by atoms with Crippen molar-refractivity contribution in [2.24, 2.45) is 11.7 Å². The average Bonchev–Trinajstić information content (AvgIpc) is 2.73. The summed E-state index contributed by atoms with van der Waals surface area (Å²) in [6.45, 7) is 0.736. The van der Waals surface area contributed by atoms with Crippen molar-refractivity contribution in [3.63, 3.8) is 0 Å². The first-order chi connectivity index (χ1) is 7.78. The minimum atomic E-state index is 0.356. The Morgan fingerprint density at radius 2 is 2.06 bits per heavy atom. The number of nitriles is 1. The summed E-state index contributed by atoms with van der Waals surface area (Å²) >= 11 is 0. The van der Waals surface area contributed by atoms with Gasteiger partial charge in [0.25, 0.3) is 0 Å². The van der Waals surface area contributed by atoms with Crippen molar-refractivity contribution in [2.45, 2.75) is 25.3 Å². The van der Waals surface area contributed by atoms with E-state index >= 15 is 0 Å². The van der Waals surface area contributed by atoms with Gasteiger partial charge in [-0.2, -0.15) is 5.26 Å². The quantitative estimate of drug-likeness (QED) is 0.841. The molecule has 3 nitrogen and oxygen atoms in total. The standard InChI is InChI=1S/C13H16N2O/c14-8-10-2-5-13(6-3-10)16-9-11-1-4-12(15)7-11/h2-3,5-6,11-12H,1,4,7,9,15H2/t11-,12+/m1/s1. The molecule has 1 saturated carbocycles. The predicted octanol–water partition coefficient (Wildman–Crippen LogP) is 2.06. The molecule has 2 atom stereocenters. The zero-order valence-corrected chi connectivity index (χ0v) is 9.23. The van der Waals surface area contributed by atoms with Gasteiger partial charge in [-0.05, 0) is 49.4 Å². The number of rotatable bonds is 3. The van der Waals surface area contributed by atoms with E-state index in [1.807, 2.05) is 12.1 Å². The molecule has 1 aromatic carbocycles.